The molecule has 0 aliphatic heterocycles. The molecule has 7 nitrogen and oxygen atoms in total. The first-order valence-corrected chi connectivity index (χ1v) is 6.30. The maximum absolute atomic E-state index is 11.9. The summed E-state index contributed by atoms with van der Waals surface area (Å²) in [5.41, 5.74) is 5.84. The average Bonchev–Trinajstić information content (AvgIpc) is 2.84. The van der Waals surface area contributed by atoms with Crippen molar-refractivity contribution in [1.29, 1.82) is 0 Å². The Balaban J connectivity index is 2.14. The van der Waals surface area contributed by atoms with E-state index < -0.39 is 5.91 Å². The first-order valence-electron chi connectivity index (χ1n) is 5.51. The number of phenolic OH excluding ortho intramolecular Hbond substituents is 1. The van der Waals surface area contributed by atoms with Crippen LogP contribution in [0.15, 0.2) is 28.9 Å². The number of amides is 1. The van der Waals surface area contributed by atoms with Gasteiger partial charge >= 0.3 is 0 Å². The number of aromatic hydroxyl groups is 1. The van der Waals surface area contributed by atoms with Crippen molar-refractivity contribution in [3.63, 3.8) is 0 Å². The van der Waals surface area contributed by atoms with Crippen LogP contribution in [0, 0.1) is 0 Å². The van der Waals surface area contributed by atoms with Crippen LogP contribution in [-0.4, -0.2) is 32.6 Å². The van der Waals surface area contributed by atoms with Crippen LogP contribution in [0.1, 0.15) is 10.5 Å². The quantitative estimate of drug-likeness (QED) is 0.726. The van der Waals surface area contributed by atoms with Gasteiger partial charge in [-0.2, -0.15) is 0 Å². The number of anilines is 1. The summed E-state index contributed by atoms with van der Waals surface area (Å²) in [5, 5.41) is 19.8. The topological polar surface area (TPSA) is 106 Å². The molecule has 100 valence electrons. The van der Waals surface area contributed by atoms with E-state index in [2.05, 4.69) is 31.6 Å². The Morgan fingerprint density at radius 2 is 2.32 bits per heavy atom. The standard InChI is InChI=1S/C11H12BrN5O2/c12-7-2-1-3-8(10(7)18)14-11(19)9-6-17(5-4-13)16-15-9/h1-3,6,18H,4-5,13H2,(H,14,19). The van der Waals surface area contributed by atoms with E-state index in [1.807, 2.05) is 0 Å². The largest absolute Gasteiger partial charge is 0.505 e. The van der Waals surface area contributed by atoms with E-state index in [1.165, 1.54) is 10.9 Å². The molecule has 0 aliphatic rings. The number of carbonyl (C=O) groups is 1. The summed E-state index contributed by atoms with van der Waals surface area (Å²) in [6.07, 6.45) is 1.50. The second-order valence-electron chi connectivity index (χ2n) is 3.75. The van der Waals surface area contributed by atoms with Gasteiger partial charge in [0.05, 0.1) is 22.9 Å². The van der Waals surface area contributed by atoms with Crippen molar-refractivity contribution in [1.82, 2.24) is 15.0 Å². The SMILES string of the molecule is NCCn1cc(C(=O)Nc2cccc(Br)c2O)nn1. The third-order valence-corrected chi connectivity index (χ3v) is 3.00. The molecule has 1 aromatic carbocycles. The highest BCUT2D eigenvalue weighted by molar-refractivity contribution is 9.10. The molecule has 19 heavy (non-hydrogen) atoms. The lowest BCUT2D eigenvalue weighted by Gasteiger charge is -2.06. The lowest BCUT2D eigenvalue weighted by Crippen LogP contribution is -2.13. The maximum atomic E-state index is 11.9. The minimum atomic E-state index is -0.448. The molecule has 0 saturated heterocycles. The fourth-order valence-corrected chi connectivity index (χ4v) is 1.81. The fourth-order valence-electron chi connectivity index (χ4n) is 1.45. The van der Waals surface area contributed by atoms with Gasteiger partial charge in [-0.1, -0.05) is 11.3 Å². The lowest BCUT2D eigenvalue weighted by molar-refractivity contribution is 0.102. The Morgan fingerprint density at radius 3 is 3.05 bits per heavy atom. The van der Waals surface area contributed by atoms with Gasteiger partial charge in [-0.25, -0.2) is 0 Å². The molecule has 1 heterocycles. The normalized spacial score (nSPS) is 10.4. The molecule has 0 radical (unpaired) electrons. The number of nitrogens with one attached hydrogen (secondary N) is 1. The van der Waals surface area contributed by atoms with Crippen LogP contribution in [0.25, 0.3) is 0 Å². The lowest BCUT2D eigenvalue weighted by atomic mass is 10.3. The van der Waals surface area contributed by atoms with Crippen molar-refractivity contribution in [2.75, 3.05) is 11.9 Å². The third kappa shape index (κ3) is 3.09. The predicted molar refractivity (Wildman–Crippen MR) is 72.8 cm³/mol. The summed E-state index contributed by atoms with van der Waals surface area (Å²) in [4.78, 5) is 11.9. The summed E-state index contributed by atoms with van der Waals surface area (Å²) in [6, 6.07) is 4.95. The van der Waals surface area contributed by atoms with Crippen molar-refractivity contribution < 1.29 is 9.90 Å². The van der Waals surface area contributed by atoms with E-state index in [-0.39, 0.29) is 11.4 Å². The minimum Gasteiger partial charge on any atom is -0.505 e. The number of para-hydroxylation sites is 1. The zero-order valence-corrected chi connectivity index (χ0v) is 11.5. The molecule has 1 amide bonds. The smallest absolute Gasteiger partial charge is 0.277 e. The first-order chi connectivity index (χ1) is 9.11. The van der Waals surface area contributed by atoms with Crippen LogP contribution in [0.5, 0.6) is 5.75 Å². The van der Waals surface area contributed by atoms with E-state index in [0.717, 1.165) is 0 Å². The number of hydrogen-bond donors (Lipinski definition) is 3. The Kier molecular flexibility index (Phi) is 4.13. The summed E-state index contributed by atoms with van der Waals surface area (Å²) in [7, 11) is 0. The molecular formula is C11H12BrN5O2. The van der Waals surface area contributed by atoms with Crippen LogP contribution in [0.3, 0.4) is 0 Å². The Bertz CT molecular complexity index is 599. The number of benzene rings is 1. The zero-order chi connectivity index (χ0) is 13.8. The molecule has 0 unspecified atom stereocenters. The maximum Gasteiger partial charge on any atom is 0.277 e. The first kappa shape index (κ1) is 13.5. The van der Waals surface area contributed by atoms with E-state index in [9.17, 15) is 9.90 Å². The number of hydrogen-bond acceptors (Lipinski definition) is 5. The number of nitrogens with two attached hydrogens (primary N) is 1. The molecule has 0 aliphatic carbocycles. The Hall–Kier alpha value is -1.93. The third-order valence-electron chi connectivity index (χ3n) is 2.36. The van der Waals surface area contributed by atoms with Gasteiger partial charge in [-0.05, 0) is 28.1 Å². The number of halogens is 1. The summed E-state index contributed by atoms with van der Waals surface area (Å²) in [6.45, 7) is 0.902. The predicted octanol–water partition coefficient (Wildman–Crippen LogP) is 0.957. The van der Waals surface area contributed by atoms with Gasteiger partial charge in [-0.3, -0.25) is 9.48 Å². The van der Waals surface area contributed by atoms with Gasteiger partial charge in [0, 0.05) is 6.54 Å². The highest BCUT2D eigenvalue weighted by Crippen LogP contribution is 2.31. The zero-order valence-electron chi connectivity index (χ0n) is 9.88. The molecule has 8 heteroatoms. The van der Waals surface area contributed by atoms with E-state index in [1.54, 1.807) is 18.2 Å². The van der Waals surface area contributed by atoms with Crippen LogP contribution in [0.2, 0.25) is 0 Å². The van der Waals surface area contributed by atoms with Crippen LogP contribution in [-0.2, 0) is 6.54 Å². The summed E-state index contributed by atoms with van der Waals surface area (Å²) < 4.78 is 1.98. The van der Waals surface area contributed by atoms with Gasteiger partial charge in [0.1, 0.15) is 0 Å². The Labute approximate surface area is 117 Å². The Morgan fingerprint density at radius 1 is 1.53 bits per heavy atom. The number of rotatable bonds is 4. The monoisotopic (exact) mass is 325 g/mol. The number of nitrogens with zero attached hydrogens (tertiary/aromatic N) is 3. The minimum absolute atomic E-state index is 0.0369. The van der Waals surface area contributed by atoms with Crippen LogP contribution < -0.4 is 11.1 Å². The highest BCUT2D eigenvalue weighted by Gasteiger charge is 2.13. The van der Waals surface area contributed by atoms with Crippen LogP contribution >= 0.6 is 15.9 Å². The number of aromatic nitrogens is 3. The van der Waals surface area contributed by atoms with Gasteiger partial charge in [0.25, 0.3) is 5.91 Å². The van der Waals surface area contributed by atoms with Gasteiger partial charge in [0.15, 0.2) is 11.4 Å². The van der Waals surface area contributed by atoms with Crippen molar-refractivity contribution in [3.8, 4) is 5.75 Å². The molecule has 1 aromatic heterocycles. The van der Waals surface area contributed by atoms with Gasteiger partial charge in [0.2, 0.25) is 0 Å². The number of carbonyl (C=O) groups excluding carboxylic acids is 1. The molecule has 2 aromatic rings. The number of phenols is 1. The fraction of sp³-hybridized carbons (Fsp3) is 0.182. The van der Waals surface area contributed by atoms with Crippen molar-refractivity contribution in [3.05, 3.63) is 34.6 Å². The van der Waals surface area contributed by atoms with E-state index >= 15 is 0 Å². The molecule has 0 bridgehead atoms. The van der Waals surface area contributed by atoms with E-state index in [4.69, 9.17) is 5.73 Å². The summed E-state index contributed by atoms with van der Waals surface area (Å²) >= 11 is 3.17. The molecule has 2 rings (SSSR count). The molecule has 0 atom stereocenters. The van der Waals surface area contributed by atoms with Crippen molar-refractivity contribution in [2.45, 2.75) is 6.54 Å². The highest BCUT2D eigenvalue weighted by atomic mass is 79.9. The average molecular weight is 326 g/mol. The van der Waals surface area contributed by atoms with Crippen molar-refractivity contribution in [2.24, 2.45) is 5.73 Å². The van der Waals surface area contributed by atoms with Gasteiger partial charge < -0.3 is 16.2 Å². The molecule has 0 fully saturated rings. The molecule has 4 N–H and O–H groups in total. The van der Waals surface area contributed by atoms with E-state index in [0.29, 0.717) is 23.2 Å². The van der Waals surface area contributed by atoms with Crippen LogP contribution in [0.4, 0.5) is 5.69 Å². The molecule has 0 spiro atoms. The summed E-state index contributed by atoms with van der Waals surface area (Å²) in [5.74, 6) is -0.484. The second kappa shape index (κ2) is 5.81. The second-order valence-corrected chi connectivity index (χ2v) is 4.60. The molecule has 0 saturated carbocycles. The van der Waals surface area contributed by atoms with Gasteiger partial charge in [-0.15, -0.1) is 5.10 Å². The van der Waals surface area contributed by atoms with Crippen molar-refractivity contribution >= 4 is 27.5 Å². The molecular weight excluding hydrogens is 314 g/mol.